The first-order valence-corrected chi connectivity index (χ1v) is 8.46. The molecule has 3 fully saturated rings. The smallest absolute Gasteiger partial charge is 0.336 e. The van der Waals surface area contributed by atoms with Crippen LogP contribution in [0.15, 0.2) is 11.6 Å². The van der Waals surface area contributed by atoms with E-state index in [4.69, 9.17) is 9.47 Å². The number of carbonyl (C=O) groups is 2. The number of hydrogen-bond donors (Lipinski definition) is 0. The van der Waals surface area contributed by atoms with Crippen molar-refractivity contribution in [1.29, 1.82) is 0 Å². The summed E-state index contributed by atoms with van der Waals surface area (Å²) in [6.45, 7) is 4.75. The van der Waals surface area contributed by atoms with Crippen LogP contribution in [0.4, 0.5) is 0 Å². The fraction of sp³-hybridized carbons (Fsp3) is 0.765. The summed E-state index contributed by atoms with van der Waals surface area (Å²) in [4.78, 5) is 26.1. The van der Waals surface area contributed by atoms with Crippen molar-refractivity contribution in [3.8, 4) is 0 Å². The van der Waals surface area contributed by atoms with Crippen LogP contribution < -0.4 is 0 Å². The van der Waals surface area contributed by atoms with Gasteiger partial charge in [0, 0.05) is 36.4 Å². The van der Waals surface area contributed by atoms with Crippen molar-refractivity contribution >= 4 is 11.9 Å². The lowest BCUT2D eigenvalue weighted by Gasteiger charge is -2.34. The Kier molecular flexibility index (Phi) is 3.12. The standard InChI is InChI=1S/C17H23NO4/c1-3-11-15-12-6-7-14(19)18(12)8-4-5-13(15)21-17(11)9-10(2)16(20)22-17/h9,11-13,15H,3-8H2,1-2H3/t11-,12-,13+,15+,17?/m0/s1. The topological polar surface area (TPSA) is 55.8 Å². The molecule has 3 saturated heterocycles. The number of carbonyl (C=O) groups excluding carboxylic acids is 2. The molecule has 4 aliphatic rings. The van der Waals surface area contributed by atoms with Gasteiger partial charge >= 0.3 is 5.97 Å². The lowest BCUT2D eigenvalue weighted by Crippen LogP contribution is -2.44. The van der Waals surface area contributed by atoms with Gasteiger partial charge in [-0.15, -0.1) is 0 Å². The van der Waals surface area contributed by atoms with Crippen molar-refractivity contribution in [3.05, 3.63) is 11.6 Å². The normalized spacial score (nSPS) is 43.9. The van der Waals surface area contributed by atoms with Crippen molar-refractivity contribution in [2.75, 3.05) is 6.54 Å². The fourth-order valence-corrected chi connectivity index (χ4v) is 5.02. The summed E-state index contributed by atoms with van der Waals surface area (Å²) >= 11 is 0. The molecule has 0 radical (unpaired) electrons. The highest BCUT2D eigenvalue weighted by Gasteiger charge is 2.61. The molecule has 0 aliphatic carbocycles. The minimum absolute atomic E-state index is 0.0841. The first-order chi connectivity index (χ1) is 10.6. The Morgan fingerprint density at radius 3 is 2.86 bits per heavy atom. The minimum atomic E-state index is -0.889. The first-order valence-electron chi connectivity index (χ1n) is 8.46. The lowest BCUT2D eigenvalue weighted by atomic mass is 9.77. The van der Waals surface area contributed by atoms with Crippen LogP contribution in [0.25, 0.3) is 0 Å². The van der Waals surface area contributed by atoms with Crippen LogP contribution in [0.1, 0.15) is 46.0 Å². The Morgan fingerprint density at radius 2 is 2.18 bits per heavy atom. The fourth-order valence-electron chi connectivity index (χ4n) is 5.02. The number of ether oxygens (including phenoxy) is 2. The second-order valence-electron chi connectivity index (χ2n) is 7.02. The van der Waals surface area contributed by atoms with Crippen LogP contribution >= 0.6 is 0 Å². The molecule has 4 rings (SSSR count). The van der Waals surface area contributed by atoms with Gasteiger partial charge in [0.05, 0.1) is 6.10 Å². The van der Waals surface area contributed by atoms with Gasteiger partial charge in [0.25, 0.3) is 0 Å². The third-order valence-electron chi connectivity index (χ3n) is 5.88. The second kappa shape index (κ2) is 4.82. The summed E-state index contributed by atoms with van der Waals surface area (Å²) in [6, 6.07) is 0.248. The van der Waals surface area contributed by atoms with Gasteiger partial charge in [0.15, 0.2) is 0 Å². The van der Waals surface area contributed by atoms with Crippen molar-refractivity contribution in [1.82, 2.24) is 4.90 Å². The van der Waals surface area contributed by atoms with E-state index in [0.29, 0.717) is 12.0 Å². The van der Waals surface area contributed by atoms with E-state index in [-0.39, 0.29) is 35.9 Å². The average molecular weight is 305 g/mol. The quantitative estimate of drug-likeness (QED) is 0.695. The lowest BCUT2D eigenvalue weighted by molar-refractivity contribution is -0.204. The summed E-state index contributed by atoms with van der Waals surface area (Å²) < 4.78 is 12.0. The summed E-state index contributed by atoms with van der Waals surface area (Å²) in [5, 5.41) is 0. The van der Waals surface area contributed by atoms with Crippen LogP contribution in [0.5, 0.6) is 0 Å². The van der Waals surface area contributed by atoms with Gasteiger partial charge in [0.1, 0.15) is 0 Å². The molecule has 1 spiro atoms. The van der Waals surface area contributed by atoms with Crippen molar-refractivity contribution in [3.63, 3.8) is 0 Å². The molecule has 0 N–H and O–H groups in total. The summed E-state index contributed by atoms with van der Waals surface area (Å²) in [7, 11) is 0. The largest absolute Gasteiger partial charge is 0.426 e. The maximum atomic E-state index is 12.1. The Hall–Kier alpha value is -1.36. The van der Waals surface area contributed by atoms with Crippen LogP contribution in [-0.2, 0) is 19.1 Å². The molecule has 1 amide bonds. The molecule has 0 aromatic carbocycles. The van der Waals surface area contributed by atoms with Crippen LogP contribution in [0.2, 0.25) is 0 Å². The maximum absolute atomic E-state index is 12.1. The second-order valence-corrected chi connectivity index (χ2v) is 7.02. The number of rotatable bonds is 1. The molecule has 5 atom stereocenters. The molecule has 22 heavy (non-hydrogen) atoms. The van der Waals surface area contributed by atoms with Gasteiger partial charge < -0.3 is 14.4 Å². The molecule has 5 nitrogen and oxygen atoms in total. The average Bonchev–Trinajstić information content (AvgIpc) is 3.02. The van der Waals surface area contributed by atoms with Crippen LogP contribution in [0, 0.1) is 11.8 Å². The summed E-state index contributed by atoms with van der Waals surface area (Å²) in [5.74, 6) is -0.477. The van der Waals surface area contributed by atoms with E-state index in [0.717, 1.165) is 32.2 Å². The van der Waals surface area contributed by atoms with Gasteiger partial charge in [-0.05, 0) is 38.7 Å². The molecule has 4 heterocycles. The number of fused-ring (bicyclic) bond motifs is 3. The molecule has 0 aromatic rings. The highest BCUT2D eigenvalue weighted by molar-refractivity contribution is 5.90. The number of amides is 1. The molecule has 4 aliphatic heterocycles. The van der Waals surface area contributed by atoms with E-state index < -0.39 is 5.79 Å². The van der Waals surface area contributed by atoms with E-state index >= 15 is 0 Å². The Bertz CT molecular complexity index is 557. The van der Waals surface area contributed by atoms with Crippen molar-refractivity contribution in [2.45, 2.75) is 63.9 Å². The zero-order chi connectivity index (χ0) is 15.5. The first kappa shape index (κ1) is 14.2. The Labute approximate surface area is 130 Å². The van der Waals surface area contributed by atoms with Gasteiger partial charge in [-0.1, -0.05) is 6.92 Å². The summed E-state index contributed by atoms with van der Waals surface area (Å²) in [6.07, 6.45) is 6.30. The third-order valence-corrected chi connectivity index (χ3v) is 5.88. The monoisotopic (exact) mass is 305 g/mol. The minimum Gasteiger partial charge on any atom is -0.426 e. The molecule has 0 bridgehead atoms. The van der Waals surface area contributed by atoms with Crippen molar-refractivity contribution in [2.24, 2.45) is 11.8 Å². The van der Waals surface area contributed by atoms with Gasteiger partial charge in [0.2, 0.25) is 11.7 Å². The Balaban J connectivity index is 1.72. The van der Waals surface area contributed by atoms with E-state index in [2.05, 4.69) is 11.8 Å². The molecule has 0 aromatic heterocycles. The zero-order valence-corrected chi connectivity index (χ0v) is 13.2. The molecule has 120 valence electrons. The van der Waals surface area contributed by atoms with E-state index in [9.17, 15) is 9.59 Å². The summed E-state index contributed by atoms with van der Waals surface area (Å²) in [5.41, 5.74) is 0.634. The molecule has 5 heteroatoms. The van der Waals surface area contributed by atoms with E-state index in [1.807, 2.05) is 6.08 Å². The number of esters is 1. The predicted octanol–water partition coefficient (Wildman–Crippen LogP) is 2.01. The van der Waals surface area contributed by atoms with Crippen LogP contribution in [-0.4, -0.2) is 41.3 Å². The molecular formula is C17H23NO4. The Morgan fingerprint density at radius 1 is 1.36 bits per heavy atom. The van der Waals surface area contributed by atoms with Gasteiger partial charge in [-0.25, -0.2) is 4.79 Å². The predicted molar refractivity (Wildman–Crippen MR) is 78.7 cm³/mol. The SMILES string of the molecule is CC[C@H]1[C@H]2[C@@H](CCCN3C(=O)CC[C@@H]23)OC12C=C(C)C(=O)O2. The highest BCUT2D eigenvalue weighted by Crippen LogP contribution is 2.53. The molecule has 1 unspecified atom stereocenters. The highest BCUT2D eigenvalue weighted by atomic mass is 16.7. The molecular weight excluding hydrogens is 282 g/mol. The van der Waals surface area contributed by atoms with Crippen LogP contribution in [0.3, 0.4) is 0 Å². The van der Waals surface area contributed by atoms with Gasteiger partial charge in [-0.2, -0.15) is 0 Å². The number of hydrogen-bond acceptors (Lipinski definition) is 4. The van der Waals surface area contributed by atoms with E-state index in [1.54, 1.807) is 6.92 Å². The third kappa shape index (κ3) is 1.81. The maximum Gasteiger partial charge on any atom is 0.336 e. The van der Waals surface area contributed by atoms with Crippen molar-refractivity contribution < 1.29 is 19.1 Å². The number of nitrogens with zero attached hydrogens (tertiary/aromatic N) is 1. The zero-order valence-electron chi connectivity index (χ0n) is 13.2. The molecule has 0 saturated carbocycles. The van der Waals surface area contributed by atoms with E-state index in [1.165, 1.54) is 0 Å². The van der Waals surface area contributed by atoms with Gasteiger partial charge in [-0.3, -0.25) is 4.79 Å².